The lowest BCUT2D eigenvalue weighted by atomic mass is 10.0. The average molecular weight is 221 g/mol. The van der Waals surface area contributed by atoms with Crippen molar-refractivity contribution < 1.29 is 0 Å². The van der Waals surface area contributed by atoms with Gasteiger partial charge in [-0.15, -0.1) is 0 Å². The maximum absolute atomic E-state index is 4.17. The van der Waals surface area contributed by atoms with E-state index in [2.05, 4.69) is 16.5 Å². The molecule has 0 radical (unpaired) electrons. The highest BCUT2D eigenvalue weighted by Crippen LogP contribution is 2.26. The molecule has 16 heavy (non-hydrogen) atoms. The number of aryl methyl sites for hydroxylation is 1. The fourth-order valence-corrected chi connectivity index (χ4v) is 2.59. The normalized spacial score (nSPS) is 17.1. The van der Waals surface area contributed by atoms with Crippen LogP contribution < -0.4 is 5.32 Å². The Morgan fingerprint density at radius 1 is 1.38 bits per heavy atom. The van der Waals surface area contributed by atoms with Gasteiger partial charge in [-0.2, -0.15) is 5.10 Å². The summed E-state index contributed by atoms with van der Waals surface area (Å²) in [7, 11) is 2.01. The Morgan fingerprint density at radius 3 is 2.88 bits per heavy atom. The minimum Gasteiger partial charge on any atom is -0.316 e. The lowest BCUT2D eigenvalue weighted by Crippen LogP contribution is -2.21. The van der Waals surface area contributed by atoms with Gasteiger partial charge < -0.3 is 5.32 Å². The van der Waals surface area contributed by atoms with Crippen LogP contribution in [0.1, 0.15) is 37.8 Å². The Labute approximate surface area is 98.2 Å². The SMILES string of the molecule is Cn1nccc1CCNCCC1CCCC1. The van der Waals surface area contributed by atoms with Crippen molar-refractivity contribution in [1.82, 2.24) is 15.1 Å². The highest BCUT2D eigenvalue weighted by atomic mass is 15.3. The van der Waals surface area contributed by atoms with Gasteiger partial charge >= 0.3 is 0 Å². The molecule has 1 N–H and O–H groups in total. The molecule has 1 aromatic heterocycles. The summed E-state index contributed by atoms with van der Waals surface area (Å²) in [6, 6.07) is 2.10. The van der Waals surface area contributed by atoms with Crippen LogP contribution >= 0.6 is 0 Å². The van der Waals surface area contributed by atoms with Crippen molar-refractivity contribution in [3.63, 3.8) is 0 Å². The first-order chi connectivity index (χ1) is 7.86. The fraction of sp³-hybridized carbons (Fsp3) is 0.769. The van der Waals surface area contributed by atoms with Crippen LogP contribution in [0.3, 0.4) is 0 Å². The maximum Gasteiger partial charge on any atom is 0.0492 e. The van der Waals surface area contributed by atoms with Crippen LogP contribution in [0.5, 0.6) is 0 Å². The molecule has 3 nitrogen and oxygen atoms in total. The van der Waals surface area contributed by atoms with Crippen molar-refractivity contribution in [2.24, 2.45) is 13.0 Å². The number of nitrogens with one attached hydrogen (secondary N) is 1. The van der Waals surface area contributed by atoms with E-state index in [-0.39, 0.29) is 0 Å². The second kappa shape index (κ2) is 6.04. The van der Waals surface area contributed by atoms with Crippen molar-refractivity contribution in [2.45, 2.75) is 38.5 Å². The molecular formula is C13H23N3. The van der Waals surface area contributed by atoms with Gasteiger partial charge in [0.05, 0.1) is 0 Å². The molecule has 0 bridgehead atoms. The zero-order valence-electron chi connectivity index (χ0n) is 10.3. The van der Waals surface area contributed by atoms with E-state index in [0.717, 1.165) is 18.9 Å². The van der Waals surface area contributed by atoms with Gasteiger partial charge in [0.25, 0.3) is 0 Å². The summed E-state index contributed by atoms with van der Waals surface area (Å²) in [6.07, 6.45) is 10.2. The van der Waals surface area contributed by atoms with Crippen LogP contribution in [0.15, 0.2) is 12.3 Å². The van der Waals surface area contributed by atoms with E-state index in [0.29, 0.717) is 0 Å². The lowest BCUT2D eigenvalue weighted by Gasteiger charge is -2.09. The molecule has 1 heterocycles. The predicted octanol–water partition coefficient (Wildman–Crippen LogP) is 2.13. The van der Waals surface area contributed by atoms with Gasteiger partial charge in [0.15, 0.2) is 0 Å². The maximum atomic E-state index is 4.17. The van der Waals surface area contributed by atoms with Crippen LogP contribution in [0, 0.1) is 5.92 Å². The molecule has 2 rings (SSSR count). The van der Waals surface area contributed by atoms with Crippen molar-refractivity contribution in [3.8, 4) is 0 Å². The number of rotatable bonds is 6. The van der Waals surface area contributed by atoms with Crippen molar-refractivity contribution in [2.75, 3.05) is 13.1 Å². The van der Waals surface area contributed by atoms with Gasteiger partial charge in [-0.3, -0.25) is 4.68 Å². The Bertz CT molecular complexity index is 300. The van der Waals surface area contributed by atoms with Crippen molar-refractivity contribution in [3.05, 3.63) is 18.0 Å². The quantitative estimate of drug-likeness (QED) is 0.746. The summed E-state index contributed by atoms with van der Waals surface area (Å²) in [5.41, 5.74) is 1.31. The molecule has 0 atom stereocenters. The van der Waals surface area contributed by atoms with E-state index in [1.54, 1.807) is 0 Å². The third-order valence-electron chi connectivity index (χ3n) is 3.68. The lowest BCUT2D eigenvalue weighted by molar-refractivity contribution is 0.477. The van der Waals surface area contributed by atoms with Gasteiger partial charge in [0, 0.05) is 31.9 Å². The number of nitrogens with zero attached hydrogens (tertiary/aromatic N) is 2. The van der Waals surface area contributed by atoms with Gasteiger partial charge in [-0.05, 0) is 24.9 Å². The number of hydrogen-bond donors (Lipinski definition) is 1. The summed E-state index contributed by atoms with van der Waals surface area (Å²) >= 11 is 0. The molecule has 1 aromatic rings. The topological polar surface area (TPSA) is 29.9 Å². The highest BCUT2D eigenvalue weighted by Gasteiger charge is 2.13. The molecular weight excluding hydrogens is 198 g/mol. The van der Waals surface area contributed by atoms with E-state index in [9.17, 15) is 0 Å². The first-order valence-electron chi connectivity index (χ1n) is 6.54. The largest absolute Gasteiger partial charge is 0.316 e. The molecule has 0 unspecified atom stereocenters. The third-order valence-corrected chi connectivity index (χ3v) is 3.68. The molecule has 0 aliphatic heterocycles. The second-order valence-electron chi connectivity index (χ2n) is 4.89. The van der Waals surface area contributed by atoms with Crippen LogP contribution in [0.2, 0.25) is 0 Å². The molecule has 3 heteroatoms. The molecule has 1 saturated carbocycles. The average Bonchev–Trinajstić information content (AvgIpc) is 2.90. The Balaban J connectivity index is 1.53. The van der Waals surface area contributed by atoms with Crippen molar-refractivity contribution in [1.29, 1.82) is 0 Å². The zero-order valence-corrected chi connectivity index (χ0v) is 10.3. The molecule has 0 spiro atoms. The highest BCUT2D eigenvalue weighted by molar-refractivity contribution is 5.00. The van der Waals surface area contributed by atoms with Crippen molar-refractivity contribution >= 4 is 0 Å². The molecule has 1 fully saturated rings. The standard InChI is InChI=1S/C13H23N3/c1-16-13(8-11-15-16)7-10-14-9-6-12-4-2-3-5-12/h8,11-12,14H,2-7,9-10H2,1H3. The van der Waals surface area contributed by atoms with E-state index in [1.807, 2.05) is 17.9 Å². The van der Waals surface area contributed by atoms with E-state index < -0.39 is 0 Å². The number of aromatic nitrogens is 2. The van der Waals surface area contributed by atoms with Gasteiger partial charge in [-0.25, -0.2) is 0 Å². The molecule has 0 aromatic carbocycles. The smallest absolute Gasteiger partial charge is 0.0492 e. The summed E-state index contributed by atoms with van der Waals surface area (Å²) in [5.74, 6) is 1.00. The Kier molecular flexibility index (Phi) is 4.40. The van der Waals surface area contributed by atoms with E-state index in [4.69, 9.17) is 0 Å². The minimum absolute atomic E-state index is 1.00. The predicted molar refractivity (Wildman–Crippen MR) is 66.4 cm³/mol. The summed E-state index contributed by atoms with van der Waals surface area (Å²) in [5, 5.41) is 7.70. The van der Waals surface area contributed by atoms with E-state index in [1.165, 1.54) is 44.3 Å². The van der Waals surface area contributed by atoms with Crippen LogP contribution in [0.25, 0.3) is 0 Å². The molecule has 1 aliphatic rings. The van der Waals surface area contributed by atoms with Gasteiger partial charge in [-0.1, -0.05) is 25.7 Å². The summed E-state index contributed by atoms with van der Waals surface area (Å²) in [4.78, 5) is 0. The van der Waals surface area contributed by atoms with E-state index >= 15 is 0 Å². The minimum atomic E-state index is 1.00. The summed E-state index contributed by atoms with van der Waals surface area (Å²) < 4.78 is 1.96. The third kappa shape index (κ3) is 3.34. The summed E-state index contributed by atoms with van der Waals surface area (Å²) in [6.45, 7) is 2.26. The fourth-order valence-electron chi connectivity index (χ4n) is 2.59. The van der Waals surface area contributed by atoms with Gasteiger partial charge in [0.1, 0.15) is 0 Å². The van der Waals surface area contributed by atoms with Crippen LogP contribution in [0.4, 0.5) is 0 Å². The second-order valence-corrected chi connectivity index (χ2v) is 4.89. The number of hydrogen-bond acceptors (Lipinski definition) is 2. The molecule has 1 aliphatic carbocycles. The van der Waals surface area contributed by atoms with Crippen LogP contribution in [-0.4, -0.2) is 22.9 Å². The van der Waals surface area contributed by atoms with Crippen LogP contribution in [-0.2, 0) is 13.5 Å². The first-order valence-corrected chi connectivity index (χ1v) is 6.54. The molecule has 0 amide bonds. The Hall–Kier alpha value is -0.830. The monoisotopic (exact) mass is 221 g/mol. The zero-order chi connectivity index (χ0) is 11.2. The van der Waals surface area contributed by atoms with Gasteiger partial charge in [0.2, 0.25) is 0 Å². The molecule has 0 saturated heterocycles. The first kappa shape index (κ1) is 11.6. The molecule has 90 valence electrons. The Morgan fingerprint density at radius 2 is 2.19 bits per heavy atom.